The minimum Gasteiger partial charge on any atom is -0.469 e. The highest BCUT2D eigenvalue weighted by molar-refractivity contribution is 6.38. The number of nitrogens with zero attached hydrogens (tertiary/aromatic N) is 2. The maximum Gasteiger partial charge on any atom is 0.354 e. The number of carbonyl (C=O) groups is 3. The van der Waals surface area contributed by atoms with Gasteiger partial charge in [-0.1, -0.05) is 18.2 Å². The van der Waals surface area contributed by atoms with E-state index in [2.05, 4.69) is 5.10 Å². The standard InChI is InChI=1S/C17H20N2O6/c1-4-25-15(21)13-10-17(16(22)24-3,11-14(20)23-2)19(18-13)12-8-6-5-7-9-12/h5-9H,4,10-11H2,1-3H3. The molecule has 1 heterocycles. The maximum atomic E-state index is 12.6. The fourth-order valence-electron chi connectivity index (χ4n) is 2.67. The van der Waals surface area contributed by atoms with Gasteiger partial charge in [-0.3, -0.25) is 4.79 Å². The summed E-state index contributed by atoms with van der Waals surface area (Å²) in [5.41, 5.74) is -0.929. The first-order valence-corrected chi connectivity index (χ1v) is 7.73. The van der Waals surface area contributed by atoms with Crippen molar-refractivity contribution in [2.24, 2.45) is 5.10 Å². The fourth-order valence-corrected chi connectivity index (χ4v) is 2.67. The number of hydrogen-bond donors (Lipinski definition) is 0. The van der Waals surface area contributed by atoms with E-state index in [4.69, 9.17) is 14.2 Å². The lowest BCUT2D eigenvalue weighted by atomic mass is 9.89. The zero-order chi connectivity index (χ0) is 18.4. The van der Waals surface area contributed by atoms with Crippen LogP contribution in [0.3, 0.4) is 0 Å². The van der Waals surface area contributed by atoms with Gasteiger partial charge in [-0.15, -0.1) is 0 Å². The first kappa shape index (κ1) is 18.4. The number of rotatable bonds is 6. The van der Waals surface area contributed by atoms with E-state index in [-0.39, 0.29) is 25.2 Å². The fraction of sp³-hybridized carbons (Fsp3) is 0.412. The Morgan fingerprint density at radius 2 is 1.84 bits per heavy atom. The molecule has 0 saturated heterocycles. The molecule has 0 bridgehead atoms. The predicted molar refractivity (Wildman–Crippen MR) is 89.0 cm³/mol. The van der Waals surface area contributed by atoms with Crippen molar-refractivity contribution < 1.29 is 28.6 Å². The van der Waals surface area contributed by atoms with Gasteiger partial charge in [-0.05, 0) is 19.1 Å². The Balaban J connectivity index is 2.52. The lowest BCUT2D eigenvalue weighted by molar-refractivity contribution is -0.153. The zero-order valence-corrected chi connectivity index (χ0v) is 14.4. The maximum absolute atomic E-state index is 12.6. The highest BCUT2D eigenvalue weighted by Gasteiger charge is 2.54. The van der Waals surface area contributed by atoms with Crippen LogP contribution < -0.4 is 5.01 Å². The van der Waals surface area contributed by atoms with Gasteiger partial charge in [-0.25, -0.2) is 14.6 Å². The average Bonchev–Trinajstić information content (AvgIpc) is 3.02. The van der Waals surface area contributed by atoms with Crippen LogP contribution >= 0.6 is 0 Å². The second-order valence-corrected chi connectivity index (χ2v) is 5.37. The van der Waals surface area contributed by atoms with Gasteiger partial charge in [0.1, 0.15) is 5.71 Å². The van der Waals surface area contributed by atoms with Crippen LogP contribution in [-0.2, 0) is 28.6 Å². The molecule has 0 saturated carbocycles. The lowest BCUT2D eigenvalue weighted by Gasteiger charge is -2.33. The number of carbonyl (C=O) groups excluding carboxylic acids is 3. The van der Waals surface area contributed by atoms with Crippen LogP contribution in [0.5, 0.6) is 0 Å². The second kappa shape index (κ2) is 7.78. The van der Waals surface area contributed by atoms with Crippen molar-refractivity contribution in [2.75, 3.05) is 25.8 Å². The SMILES string of the molecule is CCOC(=O)C1=NN(c2ccccc2)C(CC(=O)OC)(C(=O)OC)C1. The molecular formula is C17H20N2O6. The Morgan fingerprint density at radius 1 is 1.16 bits per heavy atom. The lowest BCUT2D eigenvalue weighted by Crippen LogP contribution is -2.52. The van der Waals surface area contributed by atoms with Crippen LogP contribution in [0.25, 0.3) is 0 Å². The molecule has 1 aromatic rings. The van der Waals surface area contributed by atoms with Crippen molar-refractivity contribution in [3.05, 3.63) is 30.3 Å². The number of ether oxygens (including phenoxy) is 3. The van der Waals surface area contributed by atoms with E-state index in [9.17, 15) is 14.4 Å². The number of para-hydroxylation sites is 1. The van der Waals surface area contributed by atoms with Crippen LogP contribution in [0, 0.1) is 0 Å². The van der Waals surface area contributed by atoms with Crippen LogP contribution in [0.4, 0.5) is 5.69 Å². The first-order chi connectivity index (χ1) is 12.0. The van der Waals surface area contributed by atoms with Crippen LogP contribution in [0.15, 0.2) is 35.4 Å². The molecule has 8 nitrogen and oxygen atoms in total. The van der Waals surface area contributed by atoms with E-state index in [1.165, 1.54) is 19.2 Å². The van der Waals surface area contributed by atoms with E-state index in [1.54, 1.807) is 37.3 Å². The Morgan fingerprint density at radius 3 is 2.40 bits per heavy atom. The minimum absolute atomic E-state index is 0.0417. The molecule has 0 spiro atoms. The summed E-state index contributed by atoms with van der Waals surface area (Å²) in [6, 6.07) is 8.75. The van der Waals surface area contributed by atoms with Crippen molar-refractivity contribution in [3.63, 3.8) is 0 Å². The van der Waals surface area contributed by atoms with Crippen molar-refractivity contribution >= 4 is 29.3 Å². The minimum atomic E-state index is -1.51. The van der Waals surface area contributed by atoms with Gasteiger partial charge < -0.3 is 14.2 Å². The smallest absolute Gasteiger partial charge is 0.354 e. The van der Waals surface area contributed by atoms with Crippen LogP contribution in [-0.4, -0.2) is 50.0 Å². The van der Waals surface area contributed by atoms with E-state index >= 15 is 0 Å². The van der Waals surface area contributed by atoms with Crippen LogP contribution in [0.2, 0.25) is 0 Å². The summed E-state index contributed by atoms with van der Waals surface area (Å²) in [5, 5.41) is 5.59. The molecule has 1 unspecified atom stereocenters. The molecule has 1 atom stereocenters. The van der Waals surface area contributed by atoms with E-state index in [1.807, 2.05) is 0 Å². The number of hydrazone groups is 1. The Labute approximate surface area is 145 Å². The summed E-state index contributed by atoms with van der Waals surface area (Å²) >= 11 is 0. The van der Waals surface area contributed by atoms with Gasteiger partial charge in [0, 0.05) is 6.42 Å². The highest BCUT2D eigenvalue weighted by atomic mass is 16.5. The van der Waals surface area contributed by atoms with Crippen LogP contribution in [0.1, 0.15) is 19.8 Å². The molecule has 0 fully saturated rings. The van der Waals surface area contributed by atoms with Gasteiger partial charge in [0.25, 0.3) is 0 Å². The molecule has 2 rings (SSSR count). The van der Waals surface area contributed by atoms with Gasteiger partial charge in [0.05, 0.1) is 32.9 Å². The van der Waals surface area contributed by atoms with Gasteiger partial charge >= 0.3 is 17.9 Å². The molecule has 8 heteroatoms. The average molecular weight is 348 g/mol. The third-order valence-electron chi connectivity index (χ3n) is 3.83. The summed E-state index contributed by atoms with van der Waals surface area (Å²) in [7, 11) is 2.44. The third-order valence-corrected chi connectivity index (χ3v) is 3.83. The van der Waals surface area contributed by atoms with Crippen molar-refractivity contribution in [2.45, 2.75) is 25.3 Å². The number of esters is 3. The monoisotopic (exact) mass is 348 g/mol. The topological polar surface area (TPSA) is 94.5 Å². The second-order valence-electron chi connectivity index (χ2n) is 5.37. The summed E-state index contributed by atoms with van der Waals surface area (Å²) in [5.74, 6) is -1.95. The van der Waals surface area contributed by atoms with Crippen molar-refractivity contribution in [1.29, 1.82) is 0 Å². The molecule has 0 N–H and O–H groups in total. The molecule has 0 aliphatic carbocycles. The molecular weight excluding hydrogens is 328 g/mol. The molecule has 0 amide bonds. The van der Waals surface area contributed by atoms with Crippen molar-refractivity contribution in [1.82, 2.24) is 0 Å². The first-order valence-electron chi connectivity index (χ1n) is 7.73. The Kier molecular flexibility index (Phi) is 5.74. The molecule has 1 aromatic carbocycles. The third kappa shape index (κ3) is 3.62. The van der Waals surface area contributed by atoms with Gasteiger partial charge in [-0.2, -0.15) is 5.10 Å². The van der Waals surface area contributed by atoms with Gasteiger partial charge in [0.2, 0.25) is 0 Å². The number of anilines is 1. The molecule has 1 aliphatic rings. The van der Waals surface area contributed by atoms with E-state index in [0.29, 0.717) is 5.69 Å². The molecule has 0 radical (unpaired) electrons. The van der Waals surface area contributed by atoms with Crippen molar-refractivity contribution in [3.8, 4) is 0 Å². The van der Waals surface area contributed by atoms with E-state index in [0.717, 1.165) is 0 Å². The predicted octanol–water partition coefficient (Wildman–Crippen LogP) is 1.29. The molecule has 0 aromatic heterocycles. The summed E-state index contributed by atoms with van der Waals surface area (Å²) < 4.78 is 14.6. The molecule has 1 aliphatic heterocycles. The molecule has 25 heavy (non-hydrogen) atoms. The summed E-state index contributed by atoms with van der Waals surface area (Å²) in [6.45, 7) is 1.84. The summed E-state index contributed by atoms with van der Waals surface area (Å²) in [6.07, 6.45) is -0.444. The normalized spacial score (nSPS) is 19.2. The highest BCUT2D eigenvalue weighted by Crippen LogP contribution is 2.37. The summed E-state index contributed by atoms with van der Waals surface area (Å²) in [4.78, 5) is 36.7. The molecule has 134 valence electrons. The Bertz CT molecular complexity index is 688. The quantitative estimate of drug-likeness (QED) is 0.565. The largest absolute Gasteiger partial charge is 0.469 e. The van der Waals surface area contributed by atoms with E-state index < -0.39 is 23.4 Å². The number of methoxy groups -OCH3 is 2. The van der Waals surface area contributed by atoms with Gasteiger partial charge in [0.15, 0.2) is 5.54 Å². The number of benzene rings is 1. The number of hydrogen-bond acceptors (Lipinski definition) is 8. The Hall–Kier alpha value is -2.90. The zero-order valence-electron chi connectivity index (χ0n) is 14.4.